The second-order valence-electron chi connectivity index (χ2n) is 6.20. The predicted molar refractivity (Wildman–Crippen MR) is 97.8 cm³/mol. The van der Waals surface area contributed by atoms with Gasteiger partial charge in [-0.3, -0.25) is 0 Å². The van der Waals surface area contributed by atoms with Gasteiger partial charge in [0.1, 0.15) is 5.82 Å². The zero-order valence-corrected chi connectivity index (χ0v) is 14.4. The zero-order valence-electron chi connectivity index (χ0n) is 13.6. The van der Waals surface area contributed by atoms with Crippen LogP contribution in [0.25, 0.3) is 16.9 Å². The summed E-state index contributed by atoms with van der Waals surface area (Å²) >= 11 is 1.73. The van der Waals surface area contributed by atoms with Gasteiger partial charge in [0.2, 0.25) is 0 Å². The number of thiophene rings is 1. The van der Waals surface area contributed by atoms with Crippen LogP contribution in [0.1, 0.15) is 29.5 Å². The zero-order chi connectivity index (χ0) is 15.8. The molecule has 3 nitrogen and oxygen atoms in total. The molecule has 1 N–H and O–H groups in total. The minimum atomic E-state index is 1.02. The highest BCUT2D eigenvalue weighted by molar-refractivity contribution is 7.08. The summed E-state index contributed by atoms with van der Waals surface area (Å²) < 4.78 is 2.12. The Morgan fingerprint density at radius 3 is 2.91 bits per heavy atom. The van der Waals surface area contributed by atoms with Gasteiger partial charge in [-0.2, -0.15) is 16.4 Å². The second kappa shape index (κ2) is 5.85. The average Bonchev–Trinajstić information content (AvgIpc) is 3.12. The quantitative estimate of drug-likeness (QED) is 0.722. The highest BCUT2D eigenvalue weighted by Gasteiger charge is 2.22. The van der Waals surface area contributed by atoms with Crippen molar-refractivity contribution in [2.45, 2.75) is 33.1 Å². The van der Waals surface area contributed by atoms with Gasteiger partial charge in [0.25, 0.3) is 0 Å². The van der Waals surface area contributed by atoms with E-state index in [1.165, 1.54) is 46.6 Å². The lowest BCUT2D eigenvalue weighted by Crippen LogP contribution is -2.08. The molecule has 1 aliphatic rings. The lowest BCUT2D eigenvalue weighted by molar-refractivity contribution is 0.779. The van der Waals surface area contributed by atoms with Crippen molar-refractivity contribution in [1.82, 2.24) is 9.78 Å². The van der Waals surface area contributed by atoms with Gasteiger partial charge in [0.05, 0.1) is 11.4 Å². The van der Waals surface area contributed by atoms with Crippen LogP contribution >= 0.6 is 11.3 Å². The summed E-state index contributed by atoms with van der Waals surface area (Å²) in [6.07, 6.45) is 3.53. The maximum atomic E-state index is 5.01. The molecule has 1 aromatic carbocycles. The van der Waals surface area contributed by atoms with Crippen LogP contribution in [0.4, 0.5) is 5.82 Å². The molecule has 1 aliphatic heterocycles. The van der Waals surface area contributed by atoms with Gasteiger partial charge in [-0.05, 0) is 61.7 Å². The largest absolute Gasteiger partial charge is 0.370 e. The molecule has 0 aliphatic carbocycles. The van der Waals surface area contributed by atoms with Crippen molar-refractivity contribution in [3.05, 3.63) is 51.7 Å². The van der Waals surface area contributed by atoms with Crippen molar-refractivity contribution in [3.63, 3.8) is 0 Å². The van der Waals surface area contributed by atoms with E-state index in [1.54, 1.807) is 11.3 Å². The normalized spacial score (nSPS) is 14.2. The Kier molecular flexibility index (Phi) is 3.69. The van der Waals surface area contributed by atoms with Crippen LogP contribution in [0.3, 0.4) is 0 Å². The van der Waals surface area contributed by atoms with Crippen LogP contribution in [0, 0.1) is 13.8 Å². The van der Waals surface area contributed by atoms with Crippen molar-refractivity contribution in [2.75, 3.05) is 11.9 Å². The molecule has 3 aromatic rings. The molecular weight excluding hydrogens is 302 g/mol. The number of rotatable bonds is 2. The summed E-state index contributed by atoms with van der Waals surface area (Å²) in [5, 5.41) is 13.0. The molecule has 0 radical (unpaired) electrons. The highest BCUT2D eigenvalue weighted by atomic mass is 32.1. The van der Waals surface area contributed by atoms with Gasteiger partial charge in [-0.25, -0.2) is 4.68 Å². The lowest BCUT2D eigenvalue weighted by Gasteiger charge is -2.13. The Morgan fingerprint density at radius 1 is 1.17 bits per heavy atom. The molecule has 2 aromatic heterocycles. The Labute approximate surface area is 141 Å². The fourth-order valence-corrected chi connectivity index (χ4v) is 3.91. The number of nitrogens with one attached hydrogen (secondary N) is 1. The third-order valence-corrected chi connectivity index (χ3v) is 5.41. The van der Waals surface area contributed by atoms with Gasteiger partial charge in [0, 0.05) is 23.1 Å². The first-order valence-corrected chi connectivity index (χ1v) is 9.15. The highest BCUT2D eigenvalue weighted by Crippen LogP contribution is 2.35. The maximum Gasteiger partial charge on any atom is 0.133 e. The van der Waals surface area contributed by atoms with E-state index in [-0.39, 0.29) is 0 Å². The van der Waals surface area contributed by atoms with Crippen LogP contribution in [-0.4, -0.2) is 16.3 Å². The van der Waals surface area contributed by atoms with Gasteiger partial charge in [-0.1, -0.05) is 12.1 Å². The Balaban J connectivity index is 1.95. The molecule has 0 unspecified atom stereocenters. The Morgan fingerprint density at radius 2 is 2.09 bits per heavy atom. The number of benzene rings is 1. The van der Waals surface area contributed by atoms with Crippen LogP contribution < -0.4 is 5.32 Å². The molecule has 0 atom stereocenters. The summed E-state index contributed by atoms with van der Waals surface area (Å²) in [5.74, 6) is 1.18. The lowest BCUT2D eigenvalue weighted by atomic mass is 10.1. The van der Waals surface area contributed by atoms with Crippen molar-refractivity contribution < 1.29 is 0 Å². The minimum absolute atomic E-state index is 1.02. The fourth-order valence-electron chi connectivity index (χ4n) is 3.27. The first-order valence-electron chi connectivity index (χ1n) is 8.20. The van der Waals surface area contributed by atoms with E-state index in [2.05, 4.69) is 58.9 Å². The number of nitrogens with zero attached hydrogens (tertiary/aromatic N) is 2. The molecule has 3 heterocycles. The summed E-state index contributed by atoms with van der Waals surface area (Å²) in [6, 6.07) is 8.62. The van der Waals surface area contributed by atoms with Crippen molar-refractivity contribution in [2.24, 2.45) is 0 Å². The van der Waals surface area contributed by atoms with E-state index in [9.17, 15) is 0 Å². The number of aryl methyl sites for hydroxylation is 1. The Hall–Kier alpha value is -2.07. The minimum Gasteiger partial charge on any atom is -0.370 e. The molecule has 0 bridgehead atoms. The van der Waals surface area contributed by atoms with Crippen LogP contribution in [-0.2, 0) is 6.42 Å². The standard InChI is InChI=1S/C19H21N3S/c1-13-6-5-8-17(14(13)2)22-19-16(7-3-4-10-20-19)18(21-22)15-9-11-23-12-15/h5-6,8-9,11-12,20H,3-4,7,10H2,1-2H3. The van der Waals surface area contributed by atoms with Crippen molar-refractivity contribution in [1.29, 1.82) is 0 Å². The van der Waals surface area contributed by atoms with Crippen LogP contribution in [0.15, 0.2) is 35.0 Å². The number of anilines is 1. The third kappa shape index (κ3) is 2.47. The van der Waals surface area contributed by atoms with E-state index >= 15 is 0 Å². The molecule has 4 rings (SSSR count). The SMILES string of the molecule is Cc1cccc(-n2nc(-c3ccsc3)c3c2NCCCC3)c1C. The fraction of sp³-hybridized carbons (Fsp3) is 0.316. The first kappa shape index (κ1) is 14.5. The van der Waals surface area contributed by atoms with Gasteiger partial charge in [0.15, 0.2) is 0 Å². The van der Waals surface area contributed by atoms with Gasteiger partial charge in [-0.15, -0.1) is 0 Å². The molecule has 0 spiro atoms. The first-order chi connectivity index (χ1) is 11.3. The predicted octanol–water partition coefficient (Wildman–Crippen LogP) is 4.97. The summed E-state index contributed by atoms with van der Waals surface area (Å²) in [7, 11) is 0. The topological polar surface area (TPSA) is 29.9 Å². The molecule has 0 amide bonds. The molecule has 4 heteroatoms. The molecular formula is C19H21N3S. The average molecular weight is 323 g/mol. The number of aromatic nitrogens is 2. The summed E-state index contributed by atoms with van der Waals surface area (Å²) in [4.78, 5) is 0. The molecule has 0 saturated carbocycles. The number of fused-ring (bicyclic) bond motifs is 1. The van der Waals surface area contributed by atoms with E-state index in [0.717, 1.165) is 18.7 Å². The van der Waals surface area contributed by atoms with Crippen LogP contribution in [0.2, 0.25) is 0 Å². The monoisotopic (exact) mass is 323 g/mol. The van der Waals surface area contributed by atoms with Gasteiger partial charge >= 0.3 is 0 Å². The summed E-state index contributed by atoms with van der Waals surface area (Å²) in [6.45, 7) is 5.36. The smallest absolute Gasteiger partial charge is 0.133 e. The summed E-state index contributed by atoms with van der Waals surface area (Å²) in [5.41, 5.74) is 7.51. The van der Waals surface area contributed by atoms with E-state index in [4.69, 9.17) is 5.10 Å². The molecule has 0 saturated heterocycles. The van der Waals surface area contributed by atoms with Crippen LogP contribution in [0.5, 0.6) is 0 Å². The number of hydrogen-bond donors (Lipinski definition) is 1. The maximum absolute atomic E-state index is 5.01. The van der Waals surface area contributed by atoms with E-state index in [1.807, 2.05) is 0 Å². The Bertz CT molecular complexity index is 831. The second-order valence-corrected chi connectivity index (χ2v) is 6.98. The van der Waals surface area contributed by atoms with E-state index < -0.39 is 0 Å². The van der Waals surface area contributed by atoms with E-state index in [0.29, 0.717) is 0 Å². The van der Waals surface area contributed by atoms with Gasteiger partial charge < -0.3 is 5.32 Å². The van der Waals surface area contributed by atoms with Crippen molar-refractivity contribution >= 4 is 17.2 Å². The van der Waals surface area contributed by atoms with Crippen molar-refractivity contribution in [3.8, 4) is 16.9 Å². The number of hydrogen-bond acceptors (Lipinski definition) is 3. The molecule has 0 fully saturated rings. The molecule has 118 valence electrons. The molecule has 23 heavy (non-hydrogen) atoms. The third-order valence-electron chi connectivity index (χ3n) is 4.73.